The maximum Gasteiger partial charge on any atom is 0.337 e. The van der Waals surface area contributed by atoms with Gasteiger partial charge in [-0.15, -0.1) is 0 Å². The van der Waals surface area contributed by atoms with E-state index in [0.717, 1.165) is 0 Å². The maximum absolute atomic E-state index is 11.9. The Hall–Kier alpha value is -2.96. The lowest BCUT2D eigenvalue weighted by molar-refractivity contribution is -0.120. The van der Waals surface area contributed by atoms with Crippen molar-refractivity contribution in [3.8, 4) is 0 Å². The van der Waals surface area contributed by atoms with Crippen LogP contribution < -0.4 is 10.2 Å². The number of para-hydroxylation sites is 1. The molecule has 0 saturated carbocycles. The molecule has 1 aromatic heterocycles. The molecule has 0 bridgehead atoms. The number of carboxylic acid groups (broad SMARTS) is 1. The van der Waals surface area contributed by atoms with Gasteiger partial charge in [-0.3, -0.25) is 20.0 Å². The number of pyridine rings is 1. The monoisotopic (exact) mass is 285 g/mol. The Balaban J connectivity index is 2.16. The fourth-order valence-electron chi connectivity index (χ4n) is 2.36. The lowest BCUT2D eigenvalue weighted by Crippen LogP contribution is -2.49. The number of imide groups is 1. The van der Waals surface area contributed by atoms with Gasteiger partial charge in [0.2, 0.25) is 5.91 Å². The summed E-state index contributed by atoms with van der Waals surface area (Å²) < 4.78 is 0. The molecule has 1 aliphatic rings. The molecule has 2 N–H and O–H groups in total. The fraction of sp³-hybridized carbons (Fsp3) is 0.143. The normalized spacial score (nSPS) is 15.1. The number of aromatic carboxylic acids is 1. The Morgan fingerprint density at radius 1 is 1.29 bits per heavy atom. The molecular weight excluding hydrogens is 274 g/mol. The van der Waals surface area contributed by atoms with Crippen LogP contribution in [0.4, 0.5) is 10.5 Å². The molecule has 0 spiro atoms. The summed E-state index contributed by atoms with van der Waals surface area (Å²) in [5.74, 6) is -1.40. The molecule has 7 nitrogen and oxygen atoms in total. The van der Waals surface area contributed by atoms with Crippen molar-refractivity contribution in [2.24, 2.45) is 0 Å². The molecule has 106 valence electrons. The second kappa shape index (κ2) is 4.86. The highest BCUT2D eigenvalue weighted by Crippen LogP contribution is 2.28. The van der Waals surface area contributed by atoms with Crippen LogP contribution in [0.2, 0.25) is 0 Å². The van der Waals surface area contributed by atoms with Crippen molar-refractivity contribution in [2.45, 2.75) is 6.42 Å². The molecule has 2 aromatic rings. The van der Waals surface area contributed by atoms with E-state index in [1.165, 1.54) is 17.2 Å². The minimum atomic E-state index is -1.08. The molecule has 1 saturated heterocycles. The van der Waals surface area contributed by atoms with Gasteiger partial charge in [0.1, 0.15) is 0 Å². The van der Waals surface area contributed by atoms with Gasteiger partial charge < -0.3 is 5.11 Å². The maximum atomic E-state index is 11.9. The molecule has 3 rings (SSSR count). The van der Waals surface area contributed by atoms with Crippen molar-refractivity contribution in [3.05, 3.63) is 36.0 Å². The molecule has 0 unspecified atom stereocenters. The average molecular weight is 285 g/mol. The molecule has 0 radical (unpaired) electrons. The van der Waals surface area contributed by atoms with Crippen molar-refractivity contribution in [3.63, 3.8) is 0 Å². The van der Waals surface area contributed by atoms with Crippen molar-refractivity contribution < 1.29 is 19.5 Å². The van der Waals surface area contributed by atoms with Gasteiger partial charge >= 0.3 is 12.0 Å². The summed E-state index contributed by atoms with van der Waals surface area (Å²) in [5, 5.41) is 12.0. The van der Waals surface area contributed by atoms with Crippen LogP contribution >= 0.6 is 0 Å². The van der Waals surface area contributed by atoms with E-state index in [1.54, 1.807) is 18.2 Å². The number of nitrogens with zero attached hydrogens (tertiary/aromatic N) is 2. The average Bonchev–Trinajstić information content (AvgIpc) is 2.46. The summed E-state index contributed by atoms with van der Waals surface area (Å²) in [6.45, 7) is 0.251. The first-order valence-electron chi connectivity index (χ1n) is 6.30. The number of amides is 3. The predicted octanol–water partition coefficient (Wildman–Crippen LogP) is 1.38. The van der Waals surface area contributed by atoms with Gasteiger partial charge in [-0.05, 0) is 12.1 Å². The lowest BCUT2D eigenvalue weighted by Gasteiger charge is -2.27. The van der Waals surface area contributed by atoms with Crippen molar-refractivity contribution in [2.75, 3.05) is 11.4 Å². The largest absolute Gasteiger partial charge is 0.478 e. The van der Waals surface area contributed by atoms with E-state index >= 15 is 0 Å². The quantitative estimate of drug-likeness (QED) is 0.868. The standard InChI is InChI=1S/C14H11N3O4/c18-11-5-7-17(14(21)16-11)10-4-6-15-12-8(10)2-1-3-9(12)13(19)20/h1-4,6H,5,7H2,(H,19,20)(H,16,18,21). The number of fused-ring (bicyclic) bond motifs is 1. The first-order valence-corrected chi connectivity index (χ1v) is 6.30. The first kappa shape index (κ1) is 13.0. The van der Waals surface area contributed by atoms with Crippen LogP contribution in [0.5, 0.6) is 0 Å². The van der Waals surface area contributed by atoms with Gasteiger partial charge in [-0.2, -0.15) is 0 Å². The topological polar surface area (TPSA) is 99.6 Å². The van der Waals surface area contributed by atoms with Gasteiger partial charge in [-0.1, -0.05) is 12.1 Å². The fourth-order valence-corrected chi connectivity index (χ4v) is 2.36. The molecule has 3 amide bonds. The lowest BCUT2D eigenvalue weighted by atomic mass is 10.1. The third kappa shape index (κ3) is 2.18. The van der Waals surface area contributed by atoms with E-state index < -0.39 is 12.0 Å². The molecule has 1 aliphatic heterocycles. The number of carboxylic acids is 1. The van der Waals surface area contributed by atoms with Gasteiger partial charge in [0.25, 0.3) is 0 Å². The van der Waals surface area contributed by atoms with Gasteiger partial charge in [0.15, 0.2) is 0 Å². The van der Waals surface area contributed by atoms with Crippen LogP contribution in [0, 0.1) is 0 Å². The van der Waals surface area contributed by atoms with Gasteiger partial charge in [0, 0.05) is 24.5 Å². The number of carbonyl (C=O) groups excluding carboxylic acids is 2. The third-order valence-corrected chi connectivity index (χ3v) is 3.32. The zero-order valence-electron chi connectivity index (χ0n) is 10.9. The number of hydrogen-bond donors (Lipinski definition) is 2. The van der Waals surface area contributed by atoms with E-state index in [2.05, 4.69) is 10.3 Å². The van der Waals surface area contributed by atoms with Gasteiger partial charge in [-0.25, -0.2) is 9.59 Å². The number of carbonyl (C=O) groups is 3. The number of anilines is 1. The molecule has 0 atom stereocenters. The number of urea groups is 1. The Morgan fingerprint density at radius 2 is 2.10 bits per heavy atom. The van der Waals surface area contributed by atoms with Crippen LogP contribution in [0.15, 0.2) is 30.5 Å². The summed E-state index contributed by atoms with van der Waals surface area (Å²) in [5.41, 5.74) is 0.920. The Labute approximate surface area is 119 Å². The Bertz CT molecular complexity index is 772. The molecular formula is C14H11N3O4. The molecule has 0 aliphatic carbocycles. The first-order chi connectivity index (χ1) is 10.1. The molecule has 21 heavy (non-hydrogen) atoms. The van der Waals surface area contributed by atoms with E-state index in [0.29, 0.717) is 16.6 Å². The number of nitrogens with one attached hydrogen (secondary N) is 1. The minimum absolute atomic E-state index is 0.0721. The number of aromatic nitrogens is 1. The molecule has 1 aromatic carbocycles. The van der Waals surface area contributed by atoms with Crippen molar-refractivity contribution in [1.82, 2.24) is 10.3 Å². The highest BCUT2D eigenvalue weighted by Gasteiger charge is 2.26. The molecule has 2 heterocycles. The van der Waals surface area contributed by atoms with E-state index in [4.69, 9.17) is 0 Å². The van der Waals surface area contributed by atoms with E-state index in [1.807, 2.05) is 0 Å². The SMILES string of the molecule is O=C1CCN(c2ccnc3c(C(=O)O)cccc23)C(=O)N1. The highest BCUT2D eigenvalue weighted by molar-refractivity contribution is 6.11. The van der Waals surface area contributed by atoms with Crippen LogP contribution in [-0.4, -0.2) is 34.5 Å². The van der Waals surface area contributed by atoms with Crippen LogP contribution in [-0.2, 0) is 4.79 Å². The smallest absolute Gasteiger partial charge is 0.337 e. The molecule has 7 heteroatoms. The third-order valence-electron chi connectivity index (χ3n) is 3.32. The van der Waals surface area contributed by atoms with Crippen molar-refractivity contribution >= 4 is 34.5 Å². The zero-order valence-corrected chi connectivity index (χ0v) is 10.9. The van der Waals surface area contributed by atoms with E-state index in [9.17, 15) is 19.5 Å². The van der Waals surface area contributed by atoms with Crippen LogP contribution in [0.25, 0.3) is 10.9 Å². The minimum Gasteiger partial charge on any atom is -0.478 e. The predicted molar refractivity (Wildman–Crippen MR) is 74.2 cm³/mol. The summed E-state index contributed by atoms with van der Waals surface area (Å²) >= 11 is 0. The Morgan fingerprint density at radius 3 is 2.81 bits per heavy atom. The van der Waals surface area contributed by atoms with Crippen LogP contribution in [0.3, 0.4) is 0 Å². The van der Waals surface area contributed by atoms with Crippen LogP contribution in [0.1, 0.15) is 16.8 Å². The number of rotatable bonds is 2. The zero-order chi connectivity index (χ0) is 15.0. The summed E-state index contributed by atoms with van der Waals surface area (Å²) in [6.07, 6.45) is 1.65. The summed E-state index contributed by atoms with van der Waals surface area (Å²) in [7, 11) is 0. The van der Waals surface area contributed by atoms with Crippen molar-refractivity contribution in [1.29, 1.82) is 0 Å². The second-order valence-corrected chi connectivity index (χ2v) is 4.59. The van der Waals surface area contributed by atoms with Gasteiger partial charge in [0.05, 0.1) is 16.8 Å². The second-order valence-electron chi connectivity index (χ2n) is 4.59. The number of hydrogen-bond acceptors (Lipinski definition) is 4. The number of benzene rings is 1. The summed E-state index contributed by atoms with van der Waals surface area (Å²) in [4.78, 5) is 39.9. The summed E-state index contributed by atoms with van der Waals surface area (Å²) in [6, 6.07) is 5.88. The molecule has 1 fully saturated rings. The van der Waals surface area contributed by atoms with E-state index in [-0.39, 0.29) is 24.4 Å². The Kier molecular flexibility index (Phi) is 3.02. The highest BCUT2D eigenvalue weighted by atomic mass is 16.4.